The lowest BCUT2D eigenvalue weighted by atomic mass is 10.2. The van der Waals surface area contributed by atoms with Crippen LogP contribution in [0.3, 0.4) is 0 Å². The number of nitrogen functional groups attached to an aromatic ring is 1. The molecule has 0 aliphatic carbocycles. The van der Waals surface area contributed by atoms with Crippen molar-refractivity contribution in [2.45, 2.75) is 58.7 Å². The van der Waals surface area contributed by atoms with E-state index in [4.69, 9.17) is 24.8 Å². The first-order valence-corrected chi connectivity index (χ1v) is 13.4. The molecule has 0 bridgehead atoms. The Balaban J connectivity index is 1.94. The molecule has 1 heterocycles. The third-order valence-corrected chi connectivity index (χ3v) is 7.35. The van der Waals surface area contributed by atoms with E-state index in [-0.39, 0.29) is 35.6 Å². The first kappa shape index (κ1) is 30.4. The minimum atomic E-state index is -1.35. The van der Waals surface area contributed by atoms with E-state index in [0.717, 1.165) is 0 Å². The molecule has 0 aliphatic rings. The molecule has 2 rings (SSSR count). The van der Waals surface area contributed by atoms with Gasteiger partial charge < -0.3 is 30.2 Å². The third kappa shape index (κ3) is 9.84. The van der Waals surface area contributed by atoms with E-state index in [1.54, 1.807) is 31.4 Å². The Kier molecular flexibility index (Phi) is 13.2. The Labute approximate surface area is 220 Å². The largest absolute Gasteiger partial charge is 0.393 e. The number of anilines is 3. The van der Waals surface area contributed by atoms with Gasteiger partial charge in [0.25, 0.3) is 14.4 Å². The summed E-state index contributed by atoms with van der Waals surface area (Å²) in [5.41, 5.74) is 6.95. The molecule has 4 N–H and O–H groups in total. The van der Waals surface area contributed by atoms with E-state index in [1.165, 1.54) is 6.33 Å². The van der Waals surface area contributed by atoms with Crippen LogP contribution >= 0.6 is 8.53 Å². The number of carbonyl (C=O) groups is 1. The molecule has 1 aromatic carbocycles. The van der Waals surface area contributed by atoms with E-state index >= 15 is 0 Å². The Morgan fingerprint density at radius 3 is 2.43 bits per heavy atom. The van der Waals surface area contributed by atoms with Crippen molar-refractivity contribution in [3.05, 3.63) is 42.2 Å². The number of nitriles is 1. The molecule has 0 fully saturated rings. The van der Waals surface area contributed by atoms with Gasteiger partial charge in [-0.25, -0.2) is 14.6 Å². The first-order valence-electron chi connectivity index (χ1n) is 12.2. The average molecular weight is 532 g/mol. The number of rotatable bonds is 16. The maximum Gasteiger partial charge on any atom is 0.259 e. The zero-order chi connectivity index (χ0) is 27.2. The summed E-state index contributed by atoms with van der Waals surface area (Å²) in [6.07, 6.45) is 2.04. The van der Waals surface area contributed by atoms with Gasteiger partial charge in [0.15, 0.2) is 11.6 Å². The fourth-order valence-electron chi connectivity index (χ4n) is 3.49. The summed E-state index contributed by atoms with van der Waals surface area (Å²) < 4.78 is 19.9. The van der Waals surface area contributed by atoms with Gasteiger partial charge in [0.1, 0.15) is 12.0 Å². The number of amides is 1. The molecule has 37 heavy (non-hydrogen) atoms. The Hall–Kier alpha value is -2.87. The minimum Gasteiger partial charge on any atom is -0.393 e. The smallest absolute Gasteiger partial charge is 0.259 e. The Bertz CT molecular complexity index is 996. The number of nitrogens with two attached hydrogens (primary N) is 1. The average Bonchev–Trinajstić information content (AvgIpc) is 2.88. The number of hydrogen-bond acceptors (Lipinski definition) is 10. The second-order valence-corrected chi connectivity index (χ2v) is 10.2. The van der Waals surface area contributed by atoms with Crippen molar-refractivity contribution in [2.24, 2.45) is 0 Å². The highest BCUT2D eigenvalue weighted by atomic mass is 31.2. The van der Waals surface area contributed by atoms with E-state index in [0.29, 0.717) is 44.0 Å². The number of carbonyl (C=O) groups excluding carboxylic acids is 1. The van der Waals surface area contributed by atoms with E-state index in [2.05, 4.69) is 59.0 Å². The quantitative estimate of drug-likeness (QED) is 0.210. The predicted molar refractivity (Wildman–Crippen MR) is 146 cm³/mol. The van der Waals surface area contributed by atoms with E-state index < -0.39 is 8.53 Å². The molecule has 2 aromatic rings. The van der Waals surface area contributed by atoms with Crippen LogP contribution in [0.25, 0.3) is 0 Å². The van der Waals surface area contributed by atoms with Crippen LogP contribution in [-0.4, -0.2) is 65.6 Å². The molecule has 1 amide bonds. The van der Waals surface area contributed by atoms with Crippen molar-refractivity contribution in [1.29, 1.82) is 5.26 Å². The highest BCUT2D eigenvalue weighted by molar-refractivity contribution is 7.44. The first-order chi connectivity index (χ1) is 17.8. The summed E-state index contributed by atoms with van der Waals surface area (Å²) in [4.78, 5) is 20.8. The highest BCUT2D eigenvalue weighted by Gasteiger charge is 2.28. The molecule has 0 saturated heterocycles. The molecule has 2 atom stereocenters. The van der Waals surface area contributed by atoms with Gasteiger partial charge in [-0.15, -0.1) is 0 Å². The van der Waals surface area contributed by atoms with Gasteiger partial charge in [-0.1, -0.05) is 18.2 Å². The summed E-state index contributed by atoms with van der Waals surface area (Å²) >= 11 is 0. The third-order valence-electron chi connectivity index (χ3n) is 5.28. The van der Waals surface area contributed by atoms with Crippen LogP contribution in [0.2, 0.25) is 0 Å². The van der Waals surface area contributed by atoms with Gasteiger partial charge in [0, 0.05) is 31.3 Å². The van der Waals surface area contributed by atoms with Gasteiger partial charge in [-0.05, 0) is 46.2 Å². The van der Waals surface area contributed by atoms with Gasteiger partial charge in [0.05, 0.1) is 31.8 Å². The lowest BCUT2D eigenvalue weighted by Gasteiger charge is -2.36. The van der Waals surface area contributed by atoms with Crippen LogP contribution in [0.15, 0.2) is 36.7 Å². The fourth-order valence-corrected chi connectivity index (χ4v) is 5.12. The standard InChI is InChI=1S/C25H38N7O4P/c1-18(2)32(19(3)4)37(35-15-9-13-26)36-16-21(34-5)12-14-28-23-22(27)24(30-17-29-23)31-25(33)20-10-7-6-8-11-20/h6-8,10-11,17-19,21H,9,12,14-16,27H2,1-5H3,(H2,28,29,30,31,33). The van der Waals surface area contributed by atoms with Crippen LogP contribution in [0.4, 0.5) is 17.3 Å². The lowest BCUT2D eigenvalue weighted by molar-refractivity contribution is 0.0457. The molecule has 0 saturated carbocycles. The zero-order valence-electron chi connectivity index (χ0n) is 22.2. The summed E-state index contributed by atoms with van der Waals surface area (Å²) in [6, 6.07) is 11.4. The number of nitrogens with zero attached hydrogens (tertiary/aromatic N) is 4. The lowest BCUT2D eigenvalue weighted by Crippen LogP contribution is -2.34. The second-order valence-electron chi connectivity index (χ2n) is 8.72. The SMILES string of the molecule is COC(CCNc1ncnc(NC(=O)c2ccccc2)c1N)COP(OCCC#N)N(C(C)C)C(C)C. The summed E-state index contributed by atoms with van der Waals surface area (Å²) in [6.45, 7) is 9.50. The monoisotopic (exact) mass is 531 g/mol. The van der Waals surface area contributed by atoms with E-state index in [9.17, 15) is 4.79 Å². The van der Waals surface area contributed by atoms with Crippen molar-refractivity contribution in [3.63, 3.8) is 0 Å². The van der Waals surface area contributed by atoms with Gasteiger partial charge in [-0.3, -0.25) is 4.79 Å². The van der Waals surface area contributed by atoms with Crippen LogP contribution in [-0.2, 0) is 13.8 Å². The summed E-state index contributed by atoms with van der Waals surface area (Å²) in [7, 11) is 0.283. The zero-order valence-corrected chi connectivity index (χ0v) is 23.1. The number of methoxy groups -OCH3 is 1. The highest BCUT2D eigenvalue weighted by Crippen LogP contribution is 2.46. The molecule has 12 heteroatoms. The number of ether oxygens (including phenoxy) is 1. The molecule has 202 valence electrons. The fraction of sp³-hybridized carbons (Fsp3) is 0.520. The summed E-state index contributed by atoms with van der Waals surface area (Å²) in [5, 5.41) is 14.8. The maximum absolute atomic E-state index is 12.5. The number of aromatic nitrogens is 2. The van der Waals surface area contributed by atoms with Gasteiger partial charge >= 0.3 is 0 Å². The van der Waals surface area contributed by atoms with Crippen molar-refractivity contribution in [3.8, 4) is 6.07 Å². The normalized spacial score (nSPS) is 12.9. The van der Waals surface area contributed by atoms with Crippen LogP contribution < -0.4 is 16.4 Å². The van der Waals surface area contributed by atoms with Crippen LogP contribution in [0.5, 0.6) is 0 Å². The predicted octanol–water partition coefficient (Wildman–Crippen LogP) is 4.42. The van der Waals surface area contributed by atoms with Crippen molar-refractivity contribution >= 4 is 31.8 Å². The Morgan fingerprint density at radius 1 is 1.14 bits per heavy atom. The van der Waals surface area contributed by atoms with Crippen molar-refractivity contribution in [2.75, 3.05) is 43.2 Å². The second kappa shape index (κ2) is 16.1. The number of nitrogens with one attached hydrogen (secondary N) is 2. The van der Waals surface area contributed by atoms with Gasteiger partial charge in [-0.2, -0.15) is 5.26 Å². The summed E-state index contributed by atoms with van der Waals surface area (Å²) in [5.74, 6) is 0.349. The van der Waals surface area contributed by atoms with Crippen molar-refractivity contribution in [1.82, 2.24) is 14.6 Å². The molecular weight excluding hydrogens is 493 g/mol. The Morgan fingerprint density at radius 2 is 1.81 bits per heavy atom. The van der Waals surface area contributed by atoms with Gasteiger partial charge in [0.2, 0.25) is 0 Å². The van der Waals surface area contributed by atoms with E-state index in [1.807, 2.05) is 6.07 Å². The maximum atomic E-state index is 12.5. The molecule has 2 unspecified atom stereocenters. The molecule has 0 aliphatic heterocycles. The minimum absolute atomic E-state index is 0.210. The number of hydrogen-bond donors (Lipinski definition) is 3. The number of benzene rings is 1. The molecular formula is C25H38N7O4P. The topological polar surface area (TPSA) is 148 Å². The molecule has 0 spiro atoms. The van der Waals surface area contributed by atoms with Crippen LogP contribution in [0.1, 0.15) is 50.9 Å². The molecule has 0 radical (unpaired) electrons. The molecule has 11 nitrogen and oxygen atoms in total. The molecule has 1 aromatic heterocycles. The van der Waals surface area contributed by atoms with Crippen molar-refractivity contribution < 1.29 is 18.6 Å². The van der Waals surface area contributed by atoms with Crippen LogP contribution in [0, 0.1) is 11.3 Å².